The molecule has 5 rings (SSSR count). The van der Waals surface area contributed by atoms with Crippen LogP contribution in [0.25, 0.3) is 11.2 Å². The molecule has 0 saturated heterocycles. The van der Waals surface area contributed by atoms with Gasteiger partial charge in [-0.15, -0.1) is 0 Å². The molecule has 0 spiro atoms. The molecule has 0 unspecified atom stereocenters. The lowest BCUT2D eigenvalue weighted by Crippen LogP contribution is -2.09. The fourth-order valence-electron chi connectivity index (χ4n) is 3.84. The van der Waals surface area contributed by atoms with E-state index in [-0.39, 0.29) is 35.6 Å². The van der Waals surface area contributed by atoms with Crippen molar-refractivity contribution in [2.24, 2.45) is 0 Å². The predicted octanol–water partition coefficient (Wildman–Crippen LogP) is 5.10. The first-order valence-electron chi connectivity index (χ1n) is 11.4. The molecule has 0 saturated carbocycles. The number of carbonyl (C=O) groups excluding carboxylic acids is 1. The van der Waals surface area contributed by atoms with Crippen molar-refractivity contribution < 1.29 is 18.7 Å². The molecule has 37 heavy (non-hydrogen) atoms. The molecule has 0 amide bonds. The van der Waals surface area contributed by atoms with Gasteiger partial charge in [-0.1, -0.05) is 23.8 Å². The number of hydrogen-bond acceptors (Lipinski definition) is 7. The Kier molecular flexibility index (Phi) is 6.67. The summed E-state index contributed by atoms with van der Waals surface area (Å²) in [6.45, 7) is 1.93. The Labute approximate surface area is 210 Å². The smallest absolute Gasteiger partial charge is 0.268 e. The van der Waals surface area contributed by atoms with Crippen LogP contribution in [-0.4, -0.2) is 25.7 Å². The number of benzene rings is 2. The fraction of sp³-hybridized carbons (Fsp3) is 0.107. The Balaban J connectivity index is 1.30. The zero-order valence-corrected chi connectivity index (χ0v) is 19.8. The van der Waals surface area contributed by atoms with E-state index in [1.165, 1.54) is 18.3 Å². The standard InChI is InChI=1S/C28H21FN4O4/c1-17-4-7-24(37-22-3-2-9-30-15-22)19(11-17)13-20(34)12-18-5-6-21(14-23(18)29)36-25-8-10-31-28-27(25)32-16-26(35)33-28/h2-11,14-16H,12-13H2,1H3,(H,31,33,35). The monoisotopic (exact) mass is 496 g/mol. The summed E-state index contributed by atoms with van der Waals surface area (Å²) in [6.07, 6.45) is 5.81. The van der Waals surface area contributed by atoms with Crippen LogP contribution in [0.1, 0.15) is 16.7 Å². The number of ketones is 1. The summed E-state index contributed by atoms with van der Waals surface area (Å²) in [6, 6.07) is 15.0. The van der Waals surface area contributed by atoms with Crippen molar-refractivity contribution in [1.29, 1.82) is 0 Å². The highest BCUT2D eigenvalue weighted by Crippen LogP contribution is 2.29. The van der Waals surface area contributed by atoms with Crippen molar-refractivity contribution in [2.45, 2.75) is 19.8 Å². The number of rotatable bonds is 8. The number of Topliss-reactive ketones (excluding diaryl/α,β-unsaturated/α-hetero) is 1. The Bertz CT molecular complexity index is 1650. The van der Waals surface area contributed by atoms with Gasteiger partial charge in [0, 0.05) is 42.9 Å². The second kappa shape index (κ2) is 10.4. The molecule has 0 atom stereocenters. The number of nitrogens with one attached hydrogen (secondary N) is 1. The minimum Gasteiger partial charge on any atom is -0.455 e. The van der Waals surface area contributed by atoms with Crippen LogP contribution in [0.2, 0.25) is 0 Å². The molecule has 0 aliphatic heterocycles. The highest BCUT2D eigenvalue weighted by atomic mass is 19.1. The van der Waals surface area contributed by atoms with Crippen molar-refractivity contribution in [3.8, 4) is 23.0 Å². The SMILES string of the molecule is Cc1ccc(Oc2cccnc2)c(CC(=O)Cc2ccc(Oc3ccnc4[nH]c(=O)cnc34)cc2F)c1. The topological polar surface area (TPSA) is 107 Å². The molecular weight excluding hydrogens is 475 g/mol. The molecule has 3 heterocycles. The Hall–Kier alpha value is -4.92. The quantitative estimate of drug-likeness (QED) is 0.318. The van der Waals surface area contributed by atoms with Crippen molar-refractivity contribution in [3.63, 3.8) is 0 Å². The molecule has 9 heteroatoms. The van der Waals surface area contributed by atoms with E-state index < -0.39 is 11.4 Å². The predicted molar refractivity (Wildman–Crippen MR) is 135 cm³/mol. The van der Waals surface area contributed by atoms with Gasteiger partial charge in [0.25, 0.3) is 5.56 Å². The van der Waals surface area contributed by atoms with E-state index >= 15 is 0 Å². The average Bonchev–Trinajstić information content (AvgIpc) is 2.88. The van der Waals surface area contributed by atoms with E-state index in [0.717, 1.165) is 11.8 Å². The normalized spacial score (nSPS) is 10.9. The minimum absolute atomic E-state index is 0.0852. The lowest BCUT2D eigenvalue weighted by Gasteiger charge is -2.12. The highest BCUT2D eigenvalue weighted by molar-refractivity contribution is 5.84. The van der Waals surface area contributed by atoms with Crippen LogP contribution < -0.4 is 15.0 Å². The fourth-order valence-corrected chi connectivity index (χ4v) is 3.84. The molecular formula is C28H21FN4O4. The Morgan fingerprint density at radius 2 is 1.73 bits per heavy atom. The second-order valence-corrected chi connectivity index (χ2v) is 8.40. The summed E-state index contributed by atoms with van der Waals surface area (Å²) in [4.78, 5) is 39.1. The van der Waals surface area contributed by atoms with Crippen LogP contribution in [0.4, 0.5) is 4.39 Å². The highest BCUT2D eigenvalue weighted by Gasteiger charge is 2.15. The third kappa shape index (κ3) is 5.67. The molecule has 0 aliphatic carbocycles. The van der Waals surface area contributed by atoms with Gasteiger partial charge in [0.15, 0.2) is 11.4 Å². The molecule has 0 fully saturated rings. The van der Waals surface area contributed by atoms with Crippen molar-refractivity contribution >= 4 is 16.9 Å². The van der Waals surface area contributed by atoms with E-state index in [1.54, 1.807) is 36.7 Å². The Morgan fingerprint density at radius 3 is 2.54 bits per heavy atom. The Morgan fingerprint density at radius 1 is 0.892 bits per heavy atom. The number of nitrogens with zero attached hydrogens (tertiary/aromatic N) is 3. The van der Waals surface area contributed by atoms with Crippen molar-refractivity contribution in [3.05, 3.63) is 112 Å². The van der Waals surface area contributed by atoms with E-state index in [2.05, 4.69) is 19.9 Å². The summed E-state index contributed by atoms with van der Waals surface area (Å²) in [5.74, 6) is 0.912. The third-order valence-electron chi connectivity index (χ3n) is 5.55. The molecule has 0 aliphatic rings. The molecule has 1 N–H and O–H groups in total. The second-order valence-electron chi connectivity index (χ2n) is 8.40. The lowest BCUT2D eigenvalue weighted by atomic mass is 10.0. The maximum absolute atomic E-state index is 14.9. The number of aryl methyl sites for hydroxylation is 1. The molecule has 3 aromatic heterocycles. The van der Waals surface area contributed by atoms with Crippen LogP contribution in [-0.2, 0) is 17.6 Å². The van der Waals surface area contributed by atoms with E-state index in [1.807, 2.05) is 25.1 Å². The van der Waals surface area contributed by atoms with E-state index in [4.69, 9.17) is 9.47 Å². The molecule has 2 aromatic carbocycles. The number of fused-ring (bicyclic) bond motifs is 1. The minimum atomic E-state index is -0.568. The molecule has 5 aromatic rings. The van der Waals surface area contributed by atoms with Crippen LogP contribution in [0, 0.1) is 12.7 Å². The summed E-state index contributed by atoms with van der Waals surface area (Å²) < 4.78 is 26.6. The summed E-state index contributed by atoms with van der Waals surface area (Å²) >= 11 is 0. The maximum Gasteiger partial charge on any atom is 0.268 e. The van der Waals surface area contributed by atoms with Gasteiger partial charge in [0.1, 0.15) is 34.4 Å². The number of aromatic nitrogens is 4. The number of H-pyrrole nitrogens is 1. The lowest BCUT2D eigenvalue weighted by molar-refractivity contribution is -0.117. The van der Waals surface area contributed by atoms with Crippen LogP contribution in [0.5, 0.6) is 23.0 Å². The van der Waals surface area contributed by atoms with Crippen LogP contribution in [0.3, 0.4) is 0 Å². The molecule has 0 bridgehead atoms. The molecule has 8 nitrogen and oxygen atoms in total. The number of carbonyl (C=O) groups is 1. The number of hydrogen-bond donors (Lipinski definition) is 1. The number of pyridine rings is 2. The first-order chi connectivity index (χ1) is 17.9. The summed E-state index contributed by atoms with van der Waals surface area (Å²) in [5.41, 5.74) is 2.15. The van der Waals surface area contributed by atoms with Crippen LogP contribution >= 0.6 is 0 Å². The van der Waals surface area contributed by atoms with Gasteiger partial charge in [-0.05, 0) is 36.8 Å². The first kappa shape index (κ1) is 23.8. The van der Waals surface area contributed by atoms with E-state index in [0.29, 0.717) is 28.3 Å². The van der Waals surface area contributed by atoms with Gasteiger partial charge in [-0.25, -0.2) is 14.4 Å². The van der Waals surface area contributed by atoms with Gasteiger partial charge >= 0.3 is 0 Å². The van der Waals surface area contributed by atoms with Gasteiger partial charge < -0.3 is 14.5 Å². The van der Waals surface area contributed by atoms with Crippen LogP contribution in [0.15, 0.2) is 84.2 Å². The maximum atomic E-state index is 14.9. The average molecular weight is 496 g/mol. The summed E-state index contributed by atoms with van der Waals surface area (Å²) in [7, 11) is 0. The zero-order valence-electron chi connectivity index (χ0n) is 19.8. The van der Waals surface area contributed by atoms with E-state index in [9.17, 15) is 14.0 Å². The number of aromatic amines is 1. The molecule has 184 valence electrons. The number of halogens is 1. The summed E-state index contributed by atoms with van der Waals surface area (Å²) in [5, 5.41) is 0. The van der Waals surface area contributed by atoms with Crippen molar-refractivity contribution in [1.82, 2.24) is 19.9 Å². The zero-order chi connectivity index (χ0) is 25.8. The van der Waals surface area contributed by atoms with Crippen molar-refractivity contribution in [2.75, 3.05) is 0 Å². The van der Waals surface area contributed by atoms with Gasteiger partial charge in [0.05, 0.1) is 12.4 Å². The van der Waals surface area contributed by atoms with Gasteiger partial charge in [-0.3, -0.25) is 14.6 Å². The third-order valence-corrected chi connectivity index (χ3v) is 5.55. The largest absolute Gasteiger partial charge is 0.455 e. The van der Waals surface area contributed by atoms with Gasteiger partial charge in [0.2, 0.25) is 0 Å². The van der Waals surface area contributed by atoms with Gasteiger partial charge in [-0.2, -0.15) is 0 Å². The molecule has 0 radical (unpaired) electrons. The first-order valence-corrected chi connectivity index (χ1v) is 11.4. The number of ether oxygens (including phenoxy) is 2.